The molecule has 1 aromatic heterocycles. The summed E-state index contributed by atoms with van der Waals surface area (Å²) in [5.74, 6) is 1.58. The maximum absolute atomic E-state index is 11.9. The topological polar surface area (TPSA) is 56.1 Å². The van der Waals surface area contributed by atoms with Crippen LogP contribution in [-0.4, -0.2) is 28.6 Å². The van der Waals surface area contributed by atoms with Gasteiger partial charge in [0, 0.05) is 13.6 Å². The number of aromatic nitrogens is 2. The number of nitrogens with zero attached hydrogens (tertiary/aromatic N) is 2. The van der Waals surface area contributed by atoms with Crippen LogP contribution < -0.4 is 10.1 Å². The number of benzene rings is 2. The molecule has 25 heavy (non-hydrogen) atoms. The van der Waals surface area contributed by atoms with Crippen molar-refractivity contribution in [3.8, 4) is 5.75 Å². The summed E-state index contributed by atoms with van der Waals surface area (Å²) in [5.41, 5.74) is 4.44. The monoisotopic (exact) mass is 337 g/mol. The Morgan fingerprint density at radius 2 is 1.92 bits per heavy atom. The minimum atomic E-state index is -0.115. The molecule has 3 aromatic rings. The summed E-state index contributed by atoms with van der Waals surface area (Å²) >= 11 is 0. The van der Waals surface area contributed by atoms with Crippen molar-refractivity contribution in [2.75, 3.05) is 13.2 Å². The molecule has 0 radical (unpaired) electrons. The number of carbonyl (C=O) groups is 1. The van der Waals surface area contributed by atoms with Crippen LogP contribution in [0.15, 0.2) is 42.5 Å². The van der Waals surface area contributed by atoms with Crippen LogP contribution in [-0.2, 0) is 18.3 Å². The molecule has 0 aliphatic heterocycles. The van der Waals surface area contributed by atoms with Gasteiger partial charge >= 0.3 is 0 Å². The van der Waals surface area contributed by atoms with Gasteiger partial charge < -0.3 is 14.6 Å². The molecule has 5 nitrogen and oxygen atoms in total. The van der Waals surface area contributed by atoms with E-state index in [0.29, 0.717) is 12.3 Å². The molecule has 5 heteroatoms. The van der Waals surface area contributed by atoms with Crippen molar-refractivity contribution in [2.24, 2.45) is 7.05 Å². The van der Waals surface area contributed by atoms with Gasteiger partial charge in [0.25, 0.3) is 5.91 Å². The lowest BCUT2D eigenvalue weighted by molar-refractivity contribution is -0.123. The van der Waals surface area contributed by atoms with Crippen molar-refractivity contribution in [1.82, 2.24) is 14.9 Å². The zero-order valence-electron chi connectivity index (χ0n) is 14.9. The van der Waals surface area contributed by atoms with Gasteiger partial charge in [-0.1, -0.05) is 23.8 Å². The lowest BCUT2D eigenvalue weighted by Gasteiger charge is -2.08. The van der Waals surface area contributed by atoms with Crippen LogP contribution in [0.3, 0.4) is 0 Å². The third-order valence-corrected chi connectivity index (χ3v) is 4.30. The number of aryl methyl sites for hydroxylation is 3. The first-order chi connectivity index (χ1) is 12.0. The predicted molar refractivity (Wildman–Crippen MR) is 98.8 cm³/mol. The molecule has 0 unspecified atom stereocenters. The third-order valence-electron chi connectivity index (χ3n) is 4.30. The summed E-state index contributed by atoms with van der Waals surface area (Å²) < 4.78 is 7.55. The van der Waals surface area contributed by atoms with Crippen molar-refractivity contribution >= 4 is 16.9 Å². The largest absolute Gasteiger partial charge is 0.484 e. The zero-order valence-corrected chi connectivity index (χ0v) is 14.9. The molecule has 1 N–H and O–H groups in total. The van der Waals surface area contributed by atoms with Gasteiger partial charge in [-0.25, -0.2) is 4.98 Å². The summed E-state index contributed by atoms with van der Waals surface area (Å²) in [6.45, 7) is 4.61. The molecule has 0 saturated heterocycles. The van der Waals surface area contributed by atoms with E-state index in [1.807, 2.05) is 45.2 Å². The number of carbonyl (C=O) groups excluding carboxylic acids is 1. The highest BCUT2D eigenvalue weighted by atomic mass is 16.5. The van der Waals surface area contributed by atoms with Crippen molar-refractivity contribution in [1.29, 1.82) is 0 Å². The maximum atomic E-state index is 11.9. The Hall–Kier alpha value is -2.82. The summed E-state index contributed by atoms with van der Waals surface area (Å²) in [6, 6.07) is 13.9. The fraction of sp³-hybridized carbons (Fsp3) is 0.300. The van der Waals surface area contributed by atoms with Crippen molar-refractivity contribution < 1.29 is 9.53 Å². The molecule has 2 aromatic carbocycles. The first-order valence-electron chi connectivity index (χ1n) is 8.41. The molecule has 3 rings (SSSR count). The molecular weight excluding hydrogens is 314 g/mol. The Morgan fingerprint density at radius 1 is 1.16 bits per heavy atom. The zero-order chi connectivity index (χ0) is 17.8. The molecule has 1 amide bonds. The van der Waals surface area contributed by atoms with Gasteiger partial charge in [0.05, 0.1) is 11.0 Å². The van der Waals surface area contributed by atoms with E-state index in [2.05, 4.69) is 33.1 Å². The van der Waals surface area contributed by atoms with E-state index in [1.54, 1.807) is 0 Å². The van der Waals surface area contributed by atoms with E-state index in [4.69, 9.17) is 4.74 Å². The summed E-state index contributed by atoms with van der Waals surface area (Å²) in [6.07, 6.45) is 0.766. The van der Waals surface area contributed by atoms with E-state index in [-0.39, 0.29) is 12.5 Å². The average molecular weight is 337 g/mol. The molecule has 0 bridgehead atoms. The van der Waals surface area contributed by atoms with E-state index in [9.17, 15) is 4.79 Å². The molecule has 130 valence electrons. The number of amides is 1. The van der Waals surface area contributed by atoms with Crippen LogP contribution in [0.2, 0.25) is 0 Å². The minimum absolute atomic E-state index is 0.0293. The Balaban J connectivity index is 1.47. The third kappa shape index (κ3) is 4.18. The molecule has 0 aliphatic carbocycles. The van der Waals surface area contributed by atoms with Crippen LogP contribution >= 0.6 is 0 Å². The first kappa shape index (κ1) is 17.0. The fourth-order valence-corrected chi connectivity index (χ4v) is 2.70. The first-order valence-corrected chi connectivity index (χ1v) is 8.41. The highest BCUT2D eigenvalue weighted by Crippen LogP contribution is 2.16. The number of ether oxygens (including phenoxy) is 1. The van der Waals surface area contributed by atoms with Gasteiger partial charge in [-0.15, -0.1) is 0 Å². The van der Waals surface area contributed by atoms with E-state index in [0.717, 1.165) is 34.4 Å². The van der Waals surface area contributed by atoms with Gasteiger partial charge in [-0.3, -0.25) is 4.79 Å². The number of rotatable bonds is 6. The summed E-state index contributed by atoms with van der Waals surface area (Å²) in [4.78, 5) is 16.4. The average Bonchev–Trinajstić information content (AvgIpc) is 2.88. The quantitative estimate of drug-likeness (QED) is 0.752. The molecule has 0 fully saturated rings. The van der Waals surface area contributed by atoms with Crippen molar-refractivity contribution in [3.63, 3.8) is 0 Å². The SMILES string of the molecule is Cc1ccc(OCC(=O)NCCc2ccc3c(c2)nc(C)n3C)cc1. The van der Waals surface area contributed by atoms with Crippen LogP contribution in [0.4, 0.5) is 0 Å². The Labute approximate surface area is 147 Å². The summed E-state index contributed by atoms with van der Waals surface area (Å²) in [7, 11) is 2.01. The second kappa shape index (κ2) is 7.38. The molecule has 0 saturated carbocycles. The van der Waals surface area contributed by atoms with Crippen molar-refractivity contribution in [3.05, 3.63) is 59.4 Å². The minimum Gasteiger partial charge on any atom is -0.484 e. The lowest BCUT2D eigenvalue weighted by atomic mass is 10.1. The van der Waals surface area contributed by atoms with Crippen LogP contribution in [0.25, 0.3) is 11.0 Å². The molecular formula is C20H23N3O2. The van der Waals surface area contributed by atoms with Crippen LogP contribution in [0.1, 0.15) is 17.0 Å². The number of hydrogen-bond donors (Lipinski definition) is 1. The highest BCUT2D eigenvalue weighted by Gasteiger charge is 2.06. The van der Waals surface area contributed by atoms with Crippen LogP contribution in [0, 0.1) is 13.8 Å². The van der Waals surface area contributed by atoms with E-state index >= 15 is 0 Å². The van der Waals surface area contributed by atoms with Gasteiger partial charge in [-0.05, 0) is 50.1 Å². The number of hydrogen-bond acceptors (Lipinski definition) is 3. The molecule has 0 aliphatic rings. The van der Waals surface area contributed by atoms with E-state index < -0.39 is 0 Å². The number of fused-ring (bicyclic) bond motifs is 1. The Kier molecular flexibility index (Phi) is 5.03. The Bertz CT molecular complexity index is 882. The van der Waals surface area contributed by atoms with Gasteiger partial charge in [0.1, 0.15) is 11.6 Å². The Morgan fingerprint density at radius 3 is 2.68 bits per heavy atom. The normalized spacial score (nSPS) is 10.8. The molecule has 0 spiro atoms. The number of nitrogens with one attached hydrogen (secondary N) is 1. The van der Waals surface area contributed by atoms with Crippen LogP contribution in [0.5, 0.6) is 5.75 Å². The molecule has 1 heterocycles. The lowest BCUT2D eigenvalue weighted by Crippen LogP contribution is -2.30. The van der Waals surface area contributed by atoms with Gasteiger partial charge in [0.15, 0.2) is 6.61 Å². The van der Waals surface area contributed by atoms with E-state index in [1.165, 1.54) is 0 Å². The van der Waals surface area contributed by atoms with Gasteiger partial charge in [-0.2, -0.15) is 0 Å². The summed E-state index contributed by atoms with van der Waals surface area (Å²) in [5, 5.41) is 2.89. The second-order valence-corrected chi connectivity index (χ2v) is 6.24. The maximum Gasteiger partial charge on any atom is 0.257 e. The second-order valence-electron chi connectivity index (χ2n) is 6.24. The predicted octanol–water partition coefficient (Wildman–Crippen LogP) is 2.93. The van der Waals surface area contributed by atoms with Crippen molar-refractivity contribution in [2.45, 2.75) is 20.3 Å². The number of imidazole rings is 1. The van der Waals surface area contributed by atoms with Gasteiger partial charge in [0.2, 0.25) is 0 Å². The molecule has 0 atom stereocenters. The fourth-order valence-electron chi connectivity index (χ4n) is 2.70. The highest BCUT2D eigenvalue weighted by molar-refractivity contribution is 5.78. The smallest absolute Gasteiger partial charge is 0.257 e. The standard InChI is InChI=1S/C20H23N3O2/c1-14-4-7-17(8-5-14)25-13-20(24)21-11-10-16-6-9-19-18(12-16)22-15(2)23(19)3/h4-9,12H,10-11,13H2,1-3H3,(H,21,24).